The quantitative estimate of drug-likeness (QED) is 0.867. The van der Waals surface area contributed by atoms with Crippen LogP contribution in [0.3, 0.4) is 0 Å². The van der Waals surface area contributed by atoms with Gasteiger partial charge in [-0.2, -0.15) is 0 Å². The van der Waals surface area contributed by atoms with Crippen molar-refractivity contribution in [3.8, 4) is 0 Å². The fourth-order valence-corrected chi connectivity index (χ4v) is 2.62. The zero-order chi connectivity index (χ0) is 13.0. The van der Waals surface area contributed by atoms with Crippen LogP contribution in [0.1, 0.15) is 12.0 Å². The SMILES string of the molecule is CNCc1c(F)cccc1N1CCC(COC)C1. The summed E-state index contributed by atoms with van der Waals surface area (Å²) < 4.78 is 19.0. The lowest BCUT2D eigenvalue weighted by Crippen LogP contribution is -2.23. The van der Waals surface area contributed by atoms with Gasteiger partial charge in [0.05, 0.1) is 6.61 Å². The van der Waals surface area contributed by atoms with Gasteiger partial charge in [0.25, 0.3) is 0 Å². The second kappa shape index (κ2) is 6.16. The molecule has 1 aliphatic rings. The summed E-state index contributed by atoms with van der Waals surface area (Å²) in [5, 5.41) is 3.03. The van der Waals surface area contributed by atoms with Crippen LogP contribution in [0.5, 0.6) is 0 Å². The van der Waals surface area contributed by atoms with Gasteiger partial charge in [0.2, 0.25) is 0 Å². The van der Waals surface area contributed by atoms with Crippen LogP contribution in [0.15, 0.2) is 18.2 Å². The maximum absolute atomic E-state index is 13.8. The van der Waals surface area contributed by atoms with Crippen molar-refractivity contribution in [2.45, 2.75) is 13.0 Å². The molecule has 2 rings (SSSR count). The van der Waals surface area contributed by atoms with Crippen molar-refractivity contribution in [3.63, 3.8) is 0 Å². The first-order valence-electron chi connectivity index (χ1n) is 6.42. The summed E-state index contributed by atoms with van der Waals surface area (Å²) >= 11 is 0. The molecule has 1 atom stereocenters. The predicted octanol–water partition coefficient (Wildman–Crippen LogP) is 2.02. The third-order valence-electron chi connectivity index (χ3n) is 3.48. The van der Waals surface area contributed by atoms with Gasteiger partial charge in [0.1, 0.15) is 5.82 Å². The van der Waals surface area contributed by atoms with Crippen molar-refractivity contribution in [2.75, 3.05) is 38.8 Å². The van der Waals surface area contributed by atoms with E-state index in [1.165, 1.54) is 6.07 Å². The molecule has 0 saturated carbocycles. The molecule has 1 saturated heterocycles. The molecule has 1 aromatic carbocycles. The smallest absolute Gasteiger partial charge is 0.129 e. The van der Waals surface area contributed by atoms with E-state index in [2.05, 4.69) is 10.2 Å². The van der Waals surface area contributed by atoms with Crippen molar-refractivity contribution >= 4 is 5.69 Å². The monoisotopic (exact) mass is 252 g/mol. The van der Waals surface area contributed by atoms with Gasteiger partial charge in [0, 0.05) is 43.9 Å². The maximum atomic E-state index is 13.8. The highest BCUT2D eigenvalue weighted by atomic mass is 19.1. The topological polar surface area (TPSA) is 24.5 Å². The zero-order valence-corrected chi connectivity index (χ0v) is 11.1. The number of hydrogen-bond acceptors (Lipinski definition) is 3. The van der Waals surface area contributed by atoms with E-state index < -0.39 is 0 Å². The van der Waals surface area contributed by atoms with Crippen molar-refractivity contribution in [1.82, 2.24) is 5.32 Å². The number of hydrogen-bond donors (Lipinski definition) is 1. The third-order valence-corrected chi connectivity index (χ3v) is 3.48. The Hall–Kier alpha value is -1.13. The molecule has 0 spiro atoms. The van der Waals surface area contributed by atoms with E-state index in [0.29, 0.717) is 12.5 Å². The zero-order valence-electron chi connectivity index (χ0n) is 11.1. The molecular formula is C14H21FN2O. The highest BCUT2D eigenvalue weighted by Gasteiger charge is 2.24. The molecule has 0 radical (unpaired) electrons. The molecule has 18 heavy (non-hydrogen) atoms. The number of rotatable bonds is 5. The van der Waals surface area contributed by atoms with Crippen LogP contribution in [-0.4, -0.2) is 33.9 Å². The minimum atomic E-state index is -0.128. The van der Waals surface area contributed by atoms with E-state index in [1.54, 1.807) is 13.2 Å². The van der Waals surface area contributed by atoms with Gasteiger partial charge in [-0.1, -0.05) is 6.07 Å². The number of anilines is 1. The molecule has 1 N–H and O–H groups in total. The van der Waals surface area contributed by atoms with Gasteiger partial charge in [-0.05, 0) is 25.6 Å². The van der Waals surface area contributed by atoms with Crippen LogP contribution >= 0.6 is 0 Å². The normalized spacial score (nSPS) is 19.5. The fraction of sp³-hybridized carbons (Fsp3) is 0.571. The number of halogens is 1. The predicted molar refractivity (Wildman–Crippen MR) is 71.4 cm³/mol. The van der Waals surface area contributed by atoms with Gasteiger partial charge in [0.15, 0.2) is 0 Å². The molecule has 0 aliphatic carbocycles. The Morgan fingerprint density at radius 2 is 2.33 bits per heavy atom. The molecule has 4 heteroatoms. The van der Waals surface area contributed by atoms with Crippen molar-refractivity contribution in [1.29, 1.82) is 0 Å². The van der Waals surface area contributed by atoms with Crippen LogP contribution < -0.4 is 10.2 Å². The summed E-state index contributed by atoms with van der Waals surface area (Å²) in [4.78, 5) is 2.26. The lowest BCUT2D eigenvalue weighted by atomic mass is 10.1. The molecule has 0 aromatic heterocycles. The minimum absolute atomic E-state index is 0.128. The number of nitrogens with one attached hydrogen (secondary N) is 1. The van der Waals surface area contributed by atoms with E-state index in [9.17, 15) is 4.39 Å². The highest BCUT2D eigenvalue weighted by molar-refractivity contribution is 5.55. The summed E-state index contributed by atoms with van der Waals surface area (Å²) in [5.41, 5.74) is 1.78. The fourth-order valence-electron chi connectivity index (χ4n) is 2.62. The molecule has 1 fully saturated rings. The van der Waals surface area contributed by atoms with Gasteiger partial charge in [-0.25, -0.2) is 4.39 Å². The first-order chi connectivity index (χ1) is 8.76. The first kappa shape index (κ1) is 13.3. The number of nitrogens with zero attached hydrogens (tertiary/aromatic N) is 1. The molecule has 0 bridgehead atoms. The van der Waals surface area contributed by atoms with Gasteiger partial charge < -0.3 is 15.0 Å². The summed E-state index contributed by atoms with van der Waals surface area (Å²) in [6.07, 6.45) is 1.11. The Bertz CT molecular complexity index is 397. The first-order valence-corrected chi connectivity index (χ1v) is 6.42. The van der Waals surface area contributed by atoms with Crippen LogP contribution in [0.4, 0.5) is 10.1 Å². The van der Waals surface area contributed by atoms with Crippen LogP contribution in [0, 0.1) is 11.7 Å². The van der Waals surface area contributed by atoms with E-state index in [-0.39, 0.29) is 5.82 Å². The van der Waals surface area contributed by atoms with Gasteiger partial charge in [-0.3, -0.25) is 0 Å². The Morgan fingerprint density at radius 1 is 1.50 bits per heavy atom. The van der Waals surface area contributed by atoms with Crippen LogP contribution in [-0.2, 0) is 11.3 Å². The molecule has 3 nitrogen and oxygen atoms in total. The summed E-state index contributed by atoms with van der Waals surface area (Å²) in [6, 6.07) is 5.32. The van der Waals surface area contributed by atoms with Crippen LogP contribution in [0.25, 0.3) is 0 Å². The van der Waals surface area contributed by atoms with Crippen molar-refractivity contribution in [2.24, 2.45) is 5.92 Å². The molecular weight excluding hydrogens is 231 g/mol. The van der Waals surface area contributed by atoms with E-state index in [1.807, 2.05) is 13.1 Å². The lowest BCUT2D eigenvalue weighted by molar-refractivity contribution is 0.161. The number of ether oxygens (including phenoxy) is 1. The highest BCUT2D eigenvalue weighted by Crippen LogP contribution is 2.28. The standard InChI is InChI=1S/C14H21FN2O/c1-16-8-12-13(15)4-3-5-14(12)17-7-6-11(9-17)10-18-2/h3-5,11,16H,6-10H2,1-2H3. The molecule has 1 heterocycles. The van der Waals surface area contributed by atoms with E-state index in [0.717, 1.165) is 37.4 Å². The molecule has 1 aliphatic heterocycles. The number of methoxy groups -OCH3 is 1. The number of benzene rings is 1. The largest absolute Gasteiger partial charge is 0.384 e. The summed E-state index contributed by atoms with van der Waals surface area (Å²) in [5.74, 6) is 0.428. The second-order valence-electron chi connectivity index (χ2n) is 4.82. The third kappa shape index (κ3) is 2.82. The molecule has 1 aromatic rings. The Labute approximate surface area is 108 Å². The lowest BCUT2D eigenvalue weighted by Gasteiger charge is -2.22. The van der Waals surface area contributed by atoms with E-state index >= 15 is 0 Å². The van der Waals surface area contributed by atoms with Crippen molar-refractivity contribution in [3.05, 3.63) is 29.6 Å². The maximum Gasteiger partial charge on any atom is 0.129 e. The molecule has 100 valence electrons. The minimum Gasteiger partial charge on any atom is -0.384 e. The molecule has 1 unspecified atom stereocenters. The van der Waals surface area contributed by atoms with Gasteiger partial charge in [-0.15, -0.1) is 0 Å². The average Bonchev–Trinajstić information content (AvgIpc) is 2.81. The van der Waals surface area contributed by atoms with Crippen LogP contribution in [0.2, 0.25) is 0 Å². The van der Waals surface area contributed by atoms with Gasteiger partial charge >= 0.3 is 0 Å². The Morgan fingerprint density at radius 3 is 3.06 bits per heavy atom. The van der Waals surface area contributed by atoms with Crippen molar-refractivity contribution < 1.29 is 9.13 Å². The summed E-state index contributed by atoms with van der Waals surface area (Å²) in [6.45, 7) is 3.28. The Balaban J connectivity index is 2.16. The molecule has 0 amide bonds. The Kier molecular flexibility index (Phi) is 4.55. The second-order valence-corrected chi connectivity index (χ2v) is 4.82. The average molecular weight is 252 g/mol. The van der Waals surface area contributed by atoms with E-state index in [4.69, 9.17) is 4.74 Å². The summed E-state index contributed by atoms with van der Waals surface area (Å²) in [7, 11) is 3.57.